The van der Waals surface area contributed by atoms with Crippen LogP contribution in [0.25, 0.3) is 0 Å². The number of aryl methyl sites for hydroxylation is 1. The Hall–Kier alpha value is -2.59. The van der Waals surface area contributed by atoms with Gasteiger partial charge in [-0.25, -0.2) is 0 Å². The first-order valence-electron chi connectivity index (χ1n) is 10.1. The highest BCUT2D eigenvalue weighted by Crippen LogP contribution is 2.27. The Morgan fingerprint density at radius 2 is 2.10 bits per heavy atom. The number of nitrogens with one attached hydrogen (secondary N) is 1. The number of rotatable bonds is 7. The maximum Gasteiger partial charge on any atom is 0.272 e. The fourth-order valence-corrected chi connectivity index (χ4v) is 4.11. The van der Waals surface area contributed by atoms with Crippen LogP contribution in [0.2, 0.25) is 0 Å². The van der Waals surface area contributed by atoms with Gasteiger partial charge >= 0.3 is 0 Å². The summed E-state index contributed by atoms with van der Waals surface area (Å²) >= 11 is 0. The molecule has 10 nitrogen and oxygen atoms in total. The second-order valence-corrected chi connectivity index (χ2v) is 7.77. The molecule has 0 aliphatic carbocycles. The molecule has 0 saturated carbocycles. The largest absolute Gasteiger partial charge is 0.379 e. The van der Waals surface area contributed by atoms with E-state index in [0.29, 0.717) is 32.0 Å². The minimum absolute atomic E-state index is 0.00326. The van der Waals surface area contributed by atoms with Gasteiger partial charge in [0.05, 0.1) is 25.5 Å². The van der Waals surface area contributed by atoms with Crippen LogP contribution in [-0.4, -0.2) is 86.1 Å². The molecule has 1 fully saturated rings. The van der Waals surface area contributed by atoms with Crippen LogP contribution in [0.4, 0.5) is 0 Å². The number of aromatic nitrogens is 5. The maximum absolute atomic E-state index is 12.9. The topological polar surface area (TPSA) is 109 Å². The van der Waals surface area contributed by atoms with E-state index in [4.69, 9.17) is 4.74 Å². The molecule has 2 aromatic rings. The van der Waals surface area contributed by atoms with Gasteiger partial charge < -0.3 is 14.5 Å². The Balaban J connectivity index is 1.42. The Morgan fingerprint density at radius 3 is 2.83 bits per heavy atom. The summed E-state index contributed by atoms with van der Waals surface area (Å²) in [5.74, 6) is -0.390. The van der Waals surface area contributed by atoms with E-state index in [0.717, 1.165) is 31.0 Å². The van der Waals surface area contributed by atoms with Gasteiger partial charge in [-0.3, -0.25) is 19.4 Å². The minimum Gasteiger partial charge on any atom is -0.379 e. The summed E-state index contributed by atoms with van der Waals surface area (Å²) in [5.41, 5.74) is 2.36. The summed E-state index contributed by atoms with van der Waals surface area (Å²) in [6, 6.07) is 1.50. The van der Waals surface area contributed by atoms with Gasteiger partial charge in [0, 0.05) is 33.0 Å². The molecule has 4 rings (SSSR count). The molecule has 1 atom stereocenters. The van der Waals surface area contributed by atoms with Gasteiger partial charge in [0.25, 0.3) is 5.91 Å². The second-order valence-electron chi connectivity index (χ2n) is 7.77. The zero-order valence-electron chi connectivity index (χ0n) is 16.9. The number of ketones is 1. The lowest BCUT2D eigenvalue weighted by Gasteiger charge is -2.32. The molecule has 156 valence electrons. The van der Waals surface area contributed by atoms with Gasteiger partial charge in [-0.1, -0.05) is 5.21 Å². The summed E-state index contributed by atoms with van der Waals surface area (Å²) in [6.07, 6.45) is 2.53. The first-order valence-corrected chi connectivity index (χ1v) is 10.1. The standard InChI is InChI=1S/C19H27N7O3/c1-13(27)15-9-16(21-20-15)19(28)26-10-14(18-17(11-26)22-23-24(18)2)12-29-8-7-25-5-3-4-6-25/h9,14H,3-8,10-12H2,1-2H3,(H,20,21)/t14-/m0/s1. The molecule has 0 radical (unpaired) electrons. The number of amides is 1. The average Bonchev–Trinajstić information content (AvgIpc) is 3.46. The number of H-pyrrole nitrogens is 1. The molecule has 0 spiro atoms. The van der Waals surface area contributed by atoms with Crippen molar-refractivity contribution in [1.82, 2.24) is 35.0 Å². The van der Waals surface area contributed by atoms with Crippen LogP contribution in [0.15, 0.2) is 6.07 Å². The Bertz CT molecular complexity index is 884. The highest BCUT2D eigenvalue weighted by molar-refractivity contribution is 5.97. The summed E-state index contributed by atoms with van der Waals surface area (Å²) in [6.45, 7) is 6.72. The Labute approximate surface area is 169 Å². The summed E-state index contributed by atoms with van der Waals surface area (Å²) < 4.78 is 7.75. The SMILES string of the molecule is CC(=O)c1cc(C(=O)N2Cc3nnn(C)c3[C@H](COCCN3CCCC3)C2)[nH]n1. The third-order valence-electron chi connectivity index (χ3n) is 5.64. The quantitative estimate of drug-likeness (QED) is 0.534. The second kappa shape index (κ2) is 8.42. The van der Waals surface area contributed by atoms with Gasteiger partial charge in [-0.2, -0.15) is 5.10 Å². The predicted molar refractivity (Wildman–Crippen MR) is 104 cm³/mol. The van der Waals surface area contributed by atoms with E-state index in [-0.39, 0.29) is 23.3 Å². The molecule has 4 heterocycles. The van der Waals surface area contributed by atoms with Gasteiger partial charge in [0.1, 0.15) is 17.1 Å². The Morgan fingerprint density at radius 1 is 1.31 bits per heavy atom. The molecule has 0 aromatic carbocycles. The number of fused-ring (bicyclic) bond motifs is 1. The van der Waals surface area contributed by atoms with E-state index in [1.165, 1.54) is 25.8 Å². The van der Waals surface area contributed by atoms with Crippen LogP contribution < -0.4 is 0 Å². The first kappa shape index (κ1) is 19.7. The number of carbonyl (C=O) groups excluding carboxylic acids is 2. The van der Waals surface area contributed by atoms with Gasteiger partial charge in [-0.05, 0) is 32.0 Å². The predicted octanol–water partition coefficient (Wildman–Crippen LogP) is 0.593. The Kier molecular flexibility index (Phi) is 5.72. The highest BCUT2D eigenvalue weighted by Gasteiger charge is 2.33. The molecule has 2 aliphatic rings. The minimum atomic E-state index is -0.205. The lowest BCUT2D eigenvalue weighted by Crippen LogP contribution is -2.40. The first-order chi connectivity index (χ1) is 14.0. The van der Waals surface area contributed by atoms with Crippen molar-refractivity contribution >= 4 is 11.7 Å². The monoisotopic (exact) mass is 401 g/mol. The van der Waals surface area contributed by atoms with Crippen molar-refractivity contribution in [1.29, 1.82) is 0 Å². The highest BCUT2D eigenvalue weighted by atomic mass is 16.5. The number of hydrogen-bond acceptors (Lipinski definition) is 7. The molecule has 0 bridgehead atoms. The number of nitrogens with zero attached hydrogens (tertiary/aromatic N) is 6. The van der Waals surface area contributed by atoms with E-state index in [1.807, 2.05) is 7.05 Å². The molecular formula is C19H27N7O3. The van der Waals surface area contributed by atoms with Gasteiger partial charge in [-0.15, -0.1) is 5.10 Å². The zero-order chi connectivity index (χ0) is 20.4. The zero-order valence-corrected chi connectivity index (χ0v) is 16.9. The van der Waals surface area contributed by atoms with Crippen molar-refractivity contribution in [3.8, 4) is 0 Å². The van der Waals surface area contributed by atoms with E-state index in [9.17, 15) is 9.59 Å². The van der Waals surface area contributed by atoms with E-state index in [1.54, 1.807) is 9.58 Å². The van der Waals surface area contributed by atoms with Crippen LogP contribution in [0.1, 0.15) is 58.0 Å². The molecule has 1 saturated heterocycles. The lowest BCUT2D eigenvalue weighted by molar-refractivity contribution is 0.0599. The number of ether oxygens (including phenoxy) is 1. The van der Waals surface area contributed by atoms with Crippen molar-refractivity contribution in [2.24, 2.45) is 7.05 Å². The molecule has 1 amide bonds. The van der Waals surface area contributed by atoms with Crippen molar-refractivity contribution in [2.45, 2.75) is 32.2 Å². The van der Waals surface area contributed by atoms with Crippen molar-refractivity contribution in [3.63, 3.8) is 0 Å². The maximum atomic E-state index is 12.9. The summed E-state index contributed by atoms with van der Waals surface area (Å²) in [4.78, 5) is 28.5. The van der Waals surface area contributed by atoms with Gasteiger partial charge in [0.15, 0.2) is 5.78 Å². The smallest absolute Gasteiger partial charge is 0.272 e. The van der Waals surface area contributed by atoms with Crippen LogP contribution >= 0.6 is 0 Å². The van der Waals surface area contributed by atoms with Crippen LogP contribution in [0.5, 0.6) is 0 Å². The molecule has 10 heteroatoms. The summed E-state index contributed by atoms with van der Waals surface area (Å²) in [5, 5.41) is 15.0. The molecular weight excluding hydrogens is 374 g/mol. The van der Waals surface area contributed by atoms with Crippen molar-refractivity contribution in [2.75, 3.05) is 39.4 Å². The normalized spacial score (nSPS) is 19.5. The van der Waals surface area contributed by atoms with Crippen molar-refractivity contribution < 1.29 is 14.3 Å². The van der Waals surface area contributed by atoms with Crippen molar-refractivity contribution in [3.05, 3.63) is 28.8 Å². The van der Waals surface area contributed by atoms with E-state index < -0.39 is 0 Å². The van der Waals surface area contributed by atoms with E-state index >= 15 is 0 Å². The third kappa shape index (κ3) is 4.23. The number of aromatic amines is 1. The van der Waals surface area contributed by atoms with Gasteiger partial charge in [0.2, 0.25) is 0 Å². The fourth-order valence-electron chi connectivity index (χ4n) is 4.11. The number of hydrogen-bond donors (Lipinski definition) is 1. The summed E-state index contributed by atoms with van der Waals surface area (Å²) in [7, 11) is 1.87. The number of likely N-dealkylation sites (tertiary alicyclic amines) is 1. The third-order valence-corrected chi connectivity index (χ3v) is 5.64. The van der Waals surface area contributed by atoms with Crippen LogP contribution in [0.3, 0.4) is 0 Å². The molecule has 2 aromatic heterocycles. The average molecular weight is 401 g/mol. The molecule has 29 heavy (non-hydrogen) atoms. The van der Waals surface area contributed by atoms with Crippen LogP contribution in [-0.2, 0) is 18.3 Å². The molecule has 2 aliphatic heterocycles. The van der Waals surface area contributed by atoms with E-state index in [2.05, 4.69) is 25.4 Å². The fraction of sp³-hybridized carbons (Fsp3) is 0.632. The molecule has 1 N–H and O–H groups in total. The van der Waals surface area contributed by atoms with Crippen LogP contribution in [0, 0.1) is 0 Å². The molecule has 0 unspecified atom stereocenters. The number of Topliss-reactive ketones (excluding diaryl/α,β-unsaturated/α-hetero) is 1. The lowest BCUT2D eigenvalue weighted by atomic mass is 9.98. The number of carbonyl (C=O) groups is 2.